The molecule has 1 aliphatic carbocycles. The minimum Gasteiger partial charge on any atom is -0.307 e. The number of thiophene rings is 1. The molecule has 2 aromatic rings. The highest BCUT2D eigenvalue weighted by Gasteiger charge is 2.29. The molecule has 1 aliphatic rings. The van der Waals surface area contributed by atoms with E-state index in [2.05, 4.69) is 21.2 Å². The number of hydrogen-bond donors (Lipinski definition) is 2. The SMILES string of the molecule is C[n+]1[nH]oc(=O)c1C(=O)Nc1sc2c(c1C#N)CCCC2. The van der Waals surface area contributed by atoms with Crippen molar-refractivity contribution < 1.29 is 14.0 Å². The van der Waals surface area contributed by atoms with E-state index >= 15 is 0 Å². The van der Waals surface area contributed by atoms with E-state index in [1.54, 1.807) is 0 Å². The molecule has 0 aromatic carbocycles. The Hall–Kier alpha value is -2.40. The molecule has 0 unspecified atom stereocenters. The van der Waals surface area contributed by atoms with Crippen LogP contribution in [0.4, 0.5) is 5.00 Å². The number of aromatic amines is 1. The number of hydrogen-bond acceptors (Lipinski definition) is 5. The van der Waals surface area contributed by atoms with Crippen molar-refractivity contribution in [1.82, 2.24) is 5.27 Å². The number of H-pyrrole nitrogens is 1. The Labute approximate surface area is 123 Å². The monoisotopic (exact) mass is 305 g/mol. The van der Waals surface area contributed by atoms with Crippen molar-refractivity contribution >= 4 is 22.2 Å². The molecular weight excluding hydrogens is 292 g/mol. The second kappa shape index (κ2) is 5.18. The maximum Gasteiger partial charge on any atom is 0.440 e. The van der Waals surface area contributed by atoms with Gasteiger partial charge in [-0.3, -0.25) is 9.32 Å². The highest BCUT2D eigenvalue weighted by atomic mass is 32.1. The van der Waals surface area contributed by atoms with Gasteiger partial charge in [0, 0.05) is 4.88 Å². The van der Waals surface area contributed by atoms with Crippen molar-refractivity contribution in [3.8, 4) is 6.07 Å². The third kappa shape index (κ3) is 2.25. The number of carbonyl (C=O) groups is 1. The van der Waals surface area contributed by atoms with Crippen molar-refractivity contribution in [2.75, 3.05) is 5.32 Å². The van der Waals surface area contributed by atoms with E-state index in [0.29, 0.717) is 10.6 Å². The van der Waals surface area contributed by atoms with Gasteiger partial charge < -0.3 is 5.32 Å². The highest BCUT2D eigenvalue weighted by molar-refractivity contribution is 7.16. The zero-order valence-corrected chi connectivity index (χ0v) is 12.2. The quantitative estimate of drug-likeness (QED) is 0.803. The van der Waals surface area contributed by atoms with Crippen LogP contribution in [-0.4, -0.2) is 11.2 Å². The van der Waals surface area contributed by atoms with E-state index in [-0.39, 0.29) is 5.69 Å². The second-order valence-electron chi connectivity index (χ2n) is 4.87. The highest BCUT2D eigenvalue weighted by Crippen LogP contribution is 2.37. The molecule has 0 saturated carbocycles. The summed E-state index contributed by atoms with van der Waals surface area (Å²) in [6.07, 6.45) is 3.96. The van der Waals surface area contributed by atoms with Gasteiger partial charge in [0.15, 0.2) is 7.05 Å². The summed E-state index contributed by atoms with van der Waals surface area (Å²) in [5, 5.41) is 14.8. The average Bonchev–Trinajstić information content (AvgIpc) is 2.98. The van der Waals surface area contributed by atoms with Gasteiger partial charge in [0.2, 0.25) is 0 Å². The number of fused-ring (bicyclic) bond motifs is 1. The van der Waals surface area contributed by atoms with Gasteiger partial charge in [0.1, 0.15) is 11.1 Å². The Morgan fingerprint density at radius 2 is 2.24 bits per heavy atom. The summed E-state index contributed by atoms with van der Waals surface area (Å²) >= 11 is 1.42. The predicted octanol–water partition coefficient (Wildman–Crippen LogP) is 0.857. The molecule has 108 valence electrons. The fraction of sp³-hybridized carbons (Fsp3) is 0.385. The minimum absolute atomic E-state index is 0.134. The molecule has 0 radical (unpaired) electrons. The van der Waals surface area contributed by atoms with E-state index in [4.69, 9.17) is 0 Å². The Morgan fingerprint density at radius 1 is 1.48 bits per heavy atom. The van der Waals surface area contributed by atoms with Crippen LogP contribution < -0.4 is 15.6 Å². The van der Waals surface area contributed by atoms with Crippen LogP contribution in [0.25, 0.3) is 0 Å². The molecule has 2 aromatic heterocycles. The van der Waals surface area contributed by atoms with Crippen LogP contribution in [0, 0.1) is 11.3 Å². The minimum atomic E-state index is -0.741. The maximum absolute atomic E-state index is 12.2. The zero-order valence-electron chi connectivity index (χ0n) is 11.4. The first-order valence-electron chi connectivity index (χ1n) is 6.55. The van der Waals surface area contributed by atoms with Crippen LogP contribution in [0.15, 0.2) is 9.32 Å². The first-order chi connectivity index (χ1) is 10.1. The lowest BCUT2D eigenvalue weighted by molar-refractivity contribution is -0.741. The normalized spacial score (nSPS) is 13.5. The zero-order chi connectivity index (χ0) is 15.0. The summed E-state index contributed by atoms with van der Waals surface area (Å²) in [6.45, 7) is 0. The van der Waals surface area contributed by atoms with Crippen molar-refractivity contribution in [2.45, 2.75) is 25.7 Å². The molecule has 3 rings (SSSR count). The smallest absolute Gasteiger partial charge is 0.307 e. The van der Waals surface area contributed by atoms with Gasteiger partial charge in [0.05, 0.1) is 5.56 Å². The molecule has 21 heavy (non-hydrogen) atoms. The molecule has 0 fully saturated rings. The summed E-state index contributed by atoms with van der Waals surface area (Å²) < 4.78 is 5.76. The average molecular weight is 305 g/mol. The fourth-order valence-corrected chi connectivity index (χ4v) is 3.76. The Balaban J connectivity index is 1.96. The fourth-order valence-electron chi connectivity index (χ4n) is 2.52. The third-order valence-electron chi connectivity index (χ3n) is 3.53. The van der Waals surface area contributed by atoms with Crippen molar-refractivity contribution in [2.24, 2.45) is 7.05 Å². The first-order valence-corrected chi connectivity index (χ1v) is 7.37. The van der Waals surface area contributed by atoms with Gasteiger partial charge in [-0.2, -0.15) is 5.26 Å². The summed E-state index contributed by atoms with van der Waals surface area (Å²) in [5.74, 6) is -0.581. The molecular formula is C13H13N4O3S+. The lowest BCUT2D eigenvalue weighted by Crippen LogP contribution is -2.41. The number of aryl methyl sites for hydroxylation is 2. The van der Waals surface area contributed by atoms with Gasteiger partial charge >= 0.3 is 17.2 Å². The number of carbonyl (C=O) groups excluding carboxylic acids is 1. The Bertz CT molecular complexity index is 808. The van der Waals surface area contributed by atoms with Crippen LogP contribution in [0.3, 0.4) is 0 Å². The van der Waals surface area contributed by atoms with Crippen molar-refractivity contribution in [1.29, 1.82) is 5.26 Å². The van der Waals surface area contributed by atoms with E-state index in [0.717, 1.165) is 36.1 Å². The van der Waals surface area contributed by atoms with Gasteiger partial charge in [-0.25, -0.2) is 4.79 Å². The second-order valence-corrected chi connectivity index (χ2v) is 5.97. The van der Waals surface area contributed by atoms with E-state index in [1.807, 2.05) is 0 Å². The summed E-state index contributed by atoms with van der Waals surface area (Å²) in [7, 11) is 1.50. The predicted molar refractivity (Wildman–Crippen MR) is 74.1 cm³/mol. The number of amides is 1. The number of nitriles is 1. The van der Waals surface area contributed by atoms with Gasteiger partial charge in [-0.05, 0) is 36.5 Å². The first kappa shape index (κ1) is 13.6. The van der Waals surface area contributed by atoms with Crippen LogP contribution in [0.1, 0.15) is 39.3 Å². The number of nitrogens with one attached hydrogen (secondary N) is 2. The van der Waals surface area contributed by atoms with Crippen molar-refractivity contribution in [3.63, 3.8) is 0 Å². The Kier molecular flexibility index (Phi) is 3.35. The molecule has 1 amide bonds. The summed E-state index contributed by atoms with van der Waals surface area (Å²) in [5.41, 5.74) is 0.681. The molecule has 2 heterocycles. The molecule has 0 atom stereocenters. The molecule has 0 bridgehead atoms. The van der Waals surface area contributed by atoms with Crippen LogP contribution >= 0.6 is 11.3 Å². The van der Waals surface area contributed by atoms with Crippen LogP contribution in [-0.2, 0) is 19.9 Å². The van der Waals surface area contributed by atoms with Gasteiger partial charge in [-0.1, -0.05) is 4.68 Å². The van der Waals surface area contributed by atoms with Crippen molar-refractivity contribution in [3.05, 3.63) is 32.1 Å². The van der Waals surface area contributed by atoms with E-state index in [1.165, 1.54) is 23.1 Å². The molecule has 0 saturated heterocycles. The molecule has 0 spiro atoms. The third-order valence-corrected chi connectivity index (χ3v) is 4.74. The molecule has 7 nitrogen and oxygen atoms in total. The largest absolute Gasteiger partial charge is 0.440 e. The molecule has 2 N–H and O–H groups in total. The summed E-state index contributed by atoms with van der Waals surface area (Å²) in [6, 6.07) is 2.16. The molecule has 0 aliphatic heterocycles. The standard InChI is InChI=1S/C13H12N4O3S/c1-17-10(13(19)20-16-17)11(18)15-12-8(6-14)7-4-2-3-5-9(7)21-12/h2-5H2,1H3,(H-,15,16,18,19)/p+1. The lowest BCUT2D eigenvalue weighted by Gasteiger charge is -2.09. The Morgan fingerprint density at radius 3 is 2.90 bits per heavy atom. The van der Waals surface area contributed by atoms with Crippen LogP contribution in [0.2, 0.25) is 0 Å². The van der Waals surface area contributed by atoms with E-state index in [9.17, 15) is 14.9 Å². The van der Waals surface area contributed by atoms with E-state index < -0.39 is 11.5 Å². The summed E-state index contributed by atoms with van der Waals surface area (Å²) in [4.78, 5) is 24.8. The number of nitrogens with zero attached hydrogens (tertiary/aromatic N) is 2. The maximum atomic E-state index is 12.2. The number of aromatic nitrogens is 2. The number of anilines is 1. The van der Waals surface area contributed by atoms with Gasteiger partial charge in [0.25, 0.3) is 0 Å². The topological polar surface area (TPSA) is 103 Å². The van der Waals surface area contributed by atoms with Gasteiger partial charge in [-0.15, -0.1) is 11.3 Å². The number of rotatable bonds is 2. The lowest BCUT2D eigenvalue weighted by atomic mass is 9.96. The van der Waals surface area contributed by atoms with Crippen LogP contribution in [0.5, 0.6) is 0 Å². The molecule has 8 heteroatoms.